The lowest BCUT2D eigenvalue weighted by atomic mass is 10.1. The molecule has 0 aromatic carbocycles. The smallest absolute Gasteiger partial charge is 0.281 e. The molecule has 5 nitrogen and oxygen atoms in total. The molecule has 1 N–H and O–H groups in total. The molecule has 21 heavy (non-hydrogen) atoms. The zero-order valence-corrected chi connectivity index (χ0v) is 12.3. The summed E-state index contributed by atoms with van der Waals surface area (Å²) in [5.41, 5.74) is 2.23. The van der Waals surface area contributed by atoms with Crippen LogP contribution in [0, 0.1) is 19.8 Å². The largest absolute Gasteiger partial charge is 0.320 e. The summed E-state index contributed by atoms with van der Waals surface area (Å²) in [5, 5.41) is 2.80. The van der Waals surface area contributed by atoms with Gasteiger partial charge in [0.25, 0.3) is 5.56 Å². The van der Waals surface area contributed by atoms with E-state index in [1.165, 1.54) is 4.40 Å². The van der Waals surface area contributed by atoms with Crippen molar-refractivity contribution in [2.45, 2.75) is 39.5 Å². The Morgan fingerprint density at radius 3 is 2.76 bits per heavy atom. The lowest BCUT2D eigenvalue weighted by Crippen LogP contribution is -2.28. The van der Waals surface area contributed by atoms with Gasteiger partial charge in [0.1, 0.15) is 11.3 Å². The molecule has 1 aliphatic carbocycles. The SMILES string of the molecule is Cc1nc2c(C)cccn2c(=O)c1NC(=O)C1CCCC1. The Morgan fingerprint density at radius 2 is 2.05 bits per heavy atom. The lowest BCUT2D eigenvalue weighted by molar-refractivity contribution is -0.119. The Hall–Kier alpha value is -2.17. The molecule has 0 unspecified atom stereocenters. The number of nitrogens with one attached hydrogen (secondary N) is 1. The second-order valence-electron chi connectivity index (χ2n) is 5.73. The molecule has 2 aromatic heterocycles. The van der Waals surface area contributed by atoms with E-state index in [9.17, 15) is 9.59 Å². The first-order chi connectivity index (χ1) is 10.1. The maximum atomic E-state index is 12.6. The van der Waals surface area contributed by atoms with E-state index in [1.54, 1.807) is 13.1 Å². The zero-order chi connectivity index (χ0) is 15.0. The highest BCUT2D eigenvalue weighted by molar-refractivity contribution is 5.93. The number of nitrogens with zero attached hydrogens (tertiary/aromatic N) is 2. The van der Waals surface area contributed by atoms with Gasteiger partial charge in [-0.3, -0.25) is 14.0 Å². The topological polar surface area (TPSA) is 63.5 Å². The van der Waals surface area contributed by atoms with Crippen molar-refractivity contribution in [3.8, 4) is 0 Å². The van der Waals surface area contributed by atoms with E-state index < -0.39 is 0 Å². The standard InChI is InChI=1S/C16H19N3O2/c1-10-6-5-9-19-14(10)17-11(2)13(16(19)21)18-15(20)12-7-3-4-8-12/h5-6,9,12H,3-4,7-8H2,1-2H3,(H,18,20). The van der Waals surface area contributed by atoms with Gasteiger partial charge < -0.3 is 5.32 Å². The Kier molecular flexibility index (Phi) is 3.49. The van der Waals surface area contributed by atoms with Crippen molar-refractivity contribution in [3.63, 3.8) is 0 Å². The molecule has 0 spiro atoms. The third-order valence-corrected chi connectivity index (χ3v) is 4.20. The van der Waals surface area contributed by atoms with Crippen molar-refractivity contribution >= 4 is 17.2 Å². The molecular weight excluding hydrogens is 266 g/mol. The molecular formula is C16H19N3O2. The first-order valence-corrected chi connectivity index (χ1v) is 7.37. The number of carbonyl (C=O) groups is 1. The Balaban J connectivity index is 2.02. The molecule has 0 radical (unpaired) electrons. The highest BCUT2D eigenvalue weighted by atomic mass is 16.2. The maximum Gasteiger partial charge on any atom is 0.281 e. The number of aryl methyl sites for hydroxylation is 2. The van der Waals surface area contributed by atoms with E-state index in [0.29, 0.717) is 17.0 Å². The van der Waals surface area contributed by atoms with Crippen LogP contribution < -0.4 is 10.9 Å². The summed E-state index contributed by atoms with van der Waals surface area (Å²) in [6, 6.07) is 3.72. The molecule has 1 saturated carbocycles. The predicted molar refractivity (Wildman–Crippen MR) is 81.5 cm³/mol. The van der Waals surface area contributed by atoms with E-state index >= 15 is 0 Å². The van der Waals surface area contributed by atoms with Crippen LogP contribution in [-0.4, -0.2) is 15.3 Å². The van der Waals surface area contributed by atoms with E-state index in [0.717, 1.165) is 31.2 Å². The molecule has 1 amide bonds. The first kappa shape index (κ1) is 13.8. The molecule has 0 saturated heterocycles. The number of pyridine rings is 1. The summed E-state index contributed by atoms with van der Waals surface area (Å²) >= 11 is 0. The average molecular weight is 285 g/mol. The summed E-state index contributed by atoms with van der Waals surface area (Å²) in [6.07, 6.45) is 5.68. The molecule has 3 rings (SSSR count). The number of hydrogen-bond donors (Lipinski definition) is 1. The van der Waals surface area contributed by atoms with Crippen LogP contribution >= 0.6 is 0 Å². The highest BCUT2D eigenvalue weighted by Gasteiger charge is 2.24. The van der Waals surface area contributed by atoms with Gasteiger partial charge in [0.05, 0.1) is 5.69 Å². The first-order valence-electron chi connectivity index (χ1n) is 7.37. The third kappa shape index (κ3) is 2.44. The van der Waals surface area contributed by atoms with Crippen molar-refractivity contribution in [1.29, 1.82) is 0 Å². The van der Waals surface area contributed by atoms with Gasteiger partial charge in [-0.25, -0.2) is 4.98 Å². The van der Waals surface area contributed by atoms with Gasteiger partial charge in [-0.1, -0.05) is 18.9 Å². The number of amides is 1. The van der Waals surface area contributed by atoms with Crippen molar-refractivity contribution < 1.29 is 4.79 Å². The van der Waals surface area contributed by atoms with Crippen molar-refractivity contribution in [2.24, 2.45) is 5.92 Å². The van der Waals surface area contributed by atoms with Crippen LogP contribution in [0.3, 0.4) is 0 Å². The molecule has 0 aliphatic heterocycles. The van der Waals surface area contributed by atoms with Gasteiger partial charge in [-0.2, -0.15) is 0 Å². The fourth-order valence-electron chi connectivity index (χ4n) is 2.96. The van der Waals surface area contributed by atoms with Gasteiger partial charge >= 0.3 is 0 Å². The molecule has 0 bridgehead atoms. The van der Waals surface area contributed by atoms with E-state index in [2.05, 4.69) is 10.3 Å². The predicted octanol–water partition coefficient (Wildman–Crippen LogP) is 2.44. The van der Waals surface area contributed by atoms with Gasteiger partial charge in [0.2, 0.25) is 5.91 Å². The van der Waals surface area contributed by atoms with Gasteiger partial charge in [0, 0.05) is 12.1 Å². The molecule has 1 fully saturated rings. The molecule has 1 aliphatic rings. The number of hydrogen-bond acceptors (Lipinski definition) is 3. The number of aromatic nitrogens is 2. The Labute approximate surface area is 123 Å². The fourth-order valence-corrected chi connectivity index (χ4v) is 2.96. The number of rotatable bonds is 2. The van der Waals surface area contributed by atoms with Crippen molar-refractivity contribution in [2.75, 3.05) is 5.32 Å². The van der Waals surface area contributed by atoms with E-state index in [-0.39, 0.29) is 17.4 Å². The minimum absolute atomic E-state index is 0.0296. The quantitative estimate of drug-likeness (QED) is 0.921. The van der Waals surface area contributed by atoms with Crippen LogP contribution in [0.15, 0.2) is 23.1 Å². The lowest BCUT2D eigenvalue weighted by Gasteiger charge is -2.13. The second-order valence-corrected chi connectivity index (χ2v) is 5.73. The van der Waals surface area contributed by atoms with Crippen LogP contribution in [0.25, 0.3) is 5.65 Å². The second kappa shape index (κ2) is 5.31. The monoisotopic (exact) mass is 285 g/mol. The maximum absolute atomic E-state index is 12.6. The van der Waals surface area contributed by atoms with Gasteiger partial charge in [0.15, 0.2) is 0 Å². The van der Waals surface area contributed by atoms with Crippen LogP contribution in [0.1, 0.15) is 36.9 Å². The van der Waals surface area contributed by atoms with Crippen LogP contribution in [0.2, 0.25) is 0 Å². The average Bonchev–Trinajstić information content (AvgIpc) is 2.99. The molecule has 5 heteroatoms. The summed E-state index contributed by atoms with van der Waals surface area (Å²) < 4.78 is 1.49. The minimum atomic E-state index is -0.215. The summed E-state index contributed by atoms with van der Waals surface area (Å²) in [7, 11) is 0. The summed E-state index contributed by atoms with van der Waals surface area (Å²) in [6.45, 7) is 3.68. The third-order valence-electron chi connectivity index (χ3n) is 4.20. The van der Waals surface area contributed by atoms with Crippen molar-refractivity contribution in [3.05, 3.63) is 39.9 Å². The van der Waals surface area contributed by atoms with Gasteiger partial charge in [-0.05, 0) is 38.3 Å². The van der Waals surface area contributed by atoms with Crippen LogP contribution in [0.4, 0.5) is 5.69 Å². The van der Waals surface area contributed by atoms with Gasteiger partial charge in [-0.15, -0.1) is 0 Å². The van der Waals surface area contributed by atoms with E-state index in [1.807, 2.05) is 19.1 Å². The number of anilines is 1. The number of carbonyl (C=O) groups excluding carboxylic acids is 1. The minimum Gasteiger partial charge on any atom is -0.320 e. The fraction of sp³-hybridized carbons (Fsp3) is 0.438. The Morgan fingerprint density at radius 1 is 1.33 bits per heavy atom. The zero-order valence-electron chi connectivity index (χ0n) is 12.3. The number of fused-ring (bicyclic) bond motifs is 1. The van der Waals surface area contributed by atoms with Crippen molar-refractivity contribution in [1.82, 2.24) is 9.38 Å². The summed E-state index contributed by atoms with van der Waals surface area (Å²) in [5.74, 6) is -0.0240. The van der Waals surface area contributed by atoms with E-state index in [4.69, 9.17) is 0 Å². The normalized spacial score (nSPS) is 15.5. The molecule has 2 heterocycles. The van der Waals surface area contributed by atoms with Crippen LogP contribution in [-0.2, 0) is 4.79 Å². The Bertz CT molecular complexity index is 758. The molecule has 110 valence electrons. The summed E-state index contributed by atoms with van der Waals surface area (Å²) in [4.78, 5) is 29.3. The van der Waals surface area contributed by atoms with Crippen LogP contribution in [0.5, 0.6) is 0 Å². The molecule has 0 atom stereocenters. The molecule has 2 aromatic rings. The highest BCUT2D eigenvalue weighted by Crippen LogP contribution is 2.26.